The molecule has 6 nitrogen and oxygen atoms in total. The van der Waals surface area contributed by atoms with Gasteiger partial charge < -0.3 is 14.2 Å². The summed E-state index contributed by atoms with van der Waals surface area (Å²) in [5.74, 6) is -0.930. The molecule has 0 saturated heterocycles. The van der Waals surface area contributed by atoms with Gasteiger partial charge in [-0.1, -0.05) is 289 Å². The quantitative estimate of drug-likeness (QED) is 0.0261. The Morgan fingerprint density at radius 2 is 0.482 bits per heavy atom. The molecule has 0 saturated carbocycles. The van der Waals surface area contributed by atoms with Crippen LogP contribution in [0.3, 0.4) is 0 Å². The third kappa shape index (κ3) is 68.0. The number of allylic oxidation sites excluding steroid dienone is 24. The number of esters is 3. The van der Waals surface area contributed by atoms with Gasteiger partial charge in [0.15, 0.2) is 6.10 Å². The number of unbranched alkanes of at least 4 members (excludes halogenated alkanes) is 26. The summed E-state index contributed by atoms with van der Waals surface area (Å²) < 4.78 is 16.9. The first-order chi connectivity index (χ1) is 41.0. The fourth-order valence-corrected chi connectivity index (χ4v) is 9.15. The second-order valence-corrected chi connectivity index (χ2v) is 22.3. The number of carbonyl (C=O) groups is 3. The predicted octanol–water partition coefficient (Wildman–Crippen LogP) is 23.9. The van der Waals surface area contributed by atoms with Crippen LogP contribution in [0.5, 0.6) is 0 Å². The molecule has 0 amide bonds. The fourth-order valence-electron chi connectivity index (χ4n) is 9.15. The molecule has 470 valence electrons. The lowest BCUT2D eigenvalue weighted by Crippen LogP contribution is -2.30. The summed E-state index contributed by atoms with van der Waals surface area (Å²) in [6.45, 7) is 6.46. The summed E-state index contributed by atoms with van der Waals surface area (Å²) in [4.78, 5) is 38.4. The van der Waals surface area contributed by atoms with Crippen molar-refractivity contribution in [3.8, 4) is 0 Å². The van der Waals surface area contributed by atoms with Gasteiger partial charge in [-0.2, -0.15) is 0 Å². The SMILES string of the molecule is CC/C=C\C/C=C\C/C=C\C/C=C\C/C=C\C/C=C\C/C=C\C/C=C\C/C=C\CCCCCCCC(=O)OCC(COC(=O)CCCCCCC/C=C\C/C=C\CCCC)OC(=O)CCCCCCCCC/C=C\CCCCCCCCC. The Morgan fingerprint density at radius 3 is 0.783 bits per heavy atom. The molecule has 0 aromatic rings. The van der Waals surface area contributed by atoms with E-state index in [2.05, 4.69) is 167 Å². The van der Waals surface area contributed by atoms with Crippen molar-refractivity contribution in [2.45, 2.75) is 309 Å². The molecule has 0 aliphatic heterocycles. The molecular formula is C77H126O6. The molecule has 83 heavy (non-hydrogen) atoms. The standard InChI is InChI=1S/C77H126O6/c1-4-7-10-13-16-19-22-25-28-30-32-33-34-35-36-37-38-39-40-41-42-43-44-45-46-48-49-52-55-58-61-64-67-70-76(79)82-73-74(72-81-75(78)69-66-63-60-57-54-51-27-24-21-18-15-12-9-6-3)83-77(80)71-68-65-62-59-56-53-50-47-31-29-26-23-20-17-14-11-8-5-2/h7,10,15-16,18-19,24-25,27-29,31-33,35-36,38-39,41-42,44-45,48-49,74H,4-6,8-9,11-14,17,20-23,26,30,34,37,40,43,46-47,50-73H2,1-3H3/b10-7-,18-15-,19-16-,27-24-,28-25-,31-29-,33-32-,36-35-,39-38-,42-41-,45-44-,49-48-. The van der Waals surface area contributed by atoms with Gasteiger partial charge in [0.05, 0.1) is 0 Å². The third-order valence-corrected chi connectivity index (χ3v) is 14.3. The predicted molar refractivity (Wildman–Crippen MR) is 362 cm³/mol. The lowest BCUT2D eigenvalue weighted by molar-refractivity contribution is -0.167. The van der Waals surface area contributed by atoms with Crippen molar-refractivity contribution < 1.29 is 28.6 Å². The molecule has 0 radical (unpaired) electrons. The zero-order chi connectivity index (χ0) is 59.9. The van der Waals surface area contributed by atoms with Crippen LogP contribution in [0.1, 0.15) is 303 Å². The molecule has 0 aromatic carbocycles. The molecule has 0 fully saturated rings. The van der Waals surface area contributed by atoms with Crippen molar-refractivity contribution in [1.82, 2.24) is 0 Å². The van der Waals surface area contributed by atoms with Gasteiger partial charge in [-0.05, 0) is 141 Å². The third-order valence-electron chi connectivity index (χ3n) is 14.3. The smallest absolute Gasteiger partial charge is 0.306 e. The van der Waals surface area contributed by atoms with Crippen LogP contribution in [-0.2, 0) is 28.6 Å². The second-order valence-electron chi connectivity index (χ2n) is 22.3. The summed E-state index contributed by atoms with van der Waals surface area (Å²) >= 11 is 0. The number of carbonyl (C=O) groups excluding carboxylic acids is 3. The van der Waals surface area contributed by atoms with E-state index in [1.807, 2.05) is 0 Å². The van der Waals surface area contributed by atoms with E-state index in [9.17, 15) is 14.4 Å². The minimum Gasteiger partial charge on any atom is -0.462 e. The van der Waals surface area contributed by atoms with Gasteiger partial charge in [-0.3, -0.25) is 14.4 Å². The average molecular weight is 1150 g/mol. The van der Waals surface area contributed by atoms with Crippen LogP contribution >= 0.6 is 0 Å². The molecule has 1 atom stereocenters. The fraction of sp³-hybridized carbons (Fsp3) is 0.649. The van der Waals surface area contributed by atoms with Gasteiger partial charge in [0.2, 0.25) is 0 Å². The second kappa shape index (κ2) is 69.8. The molecule has 0 N–H and O–H groups in total. The normalized spacial score (nSPS) is 13.0. The van der Waals surface area contributed by atoms with E-state index in [0.717, 1.165) is 161 Å². The first kappa shape index (κ1) is 78.3. The number of ether oxygens (including phenoxy) is 3. The van der Waals surface area contributed by atoms with Gasteiger partial charge in [0.1, 0.15) is 13.2 Å². The molecule has 6 heteroatoms. The lowest BCUT2D eigenvalue weighted by atomic mass is 10.1. The Labute approximate surface area is 512 Å². The lowest BCUT2D eigenvalue weighted by Gasteiger charge is -2.18. The monoisotopic (exact) mass is 1150 g/mol. The number of rotatable bonds is 61. The van der Waals surface area contributed by atoms with Gasteiger partial charge in [0, 0.05) is 19.3 Å². The Balaban J connectivity index is 4.37. The molecule has 1 unspecified atom stereocenters. The van der Waals surface area contributed by atoms with Gasteiger partial charge in [-0.15, -0.1) is 0 Å². The van der Waals surface area contributed by atoms with Gasteiger partial charge >= 0.3 is 17.9 Å². The molecule has 0 aliphatic carbocycles. The molecule has 0 bridgehead atoms. The van der Waals surface area contributed by atoms with Crippen LogP contribution in [0.4, 0.5) is 0 Å². The molecule has 0 aliphatic rings. The van der Waals surface area contributed by atoms with Crippen molar-refractivity contribution in [3.05, 3.63) is 146 Å². The van der Waals surface area contributed by atoms with E-state index in [4.69, 9.17) is 14.2 Å². The van der Waals surface area contributed by atoms with Crippen LogP contribution in [0.2, 0.25) is 0 Å². The number of hydrogen-bond acceptors (Lipinski definition) is 6. The Morgan fingerprint density at radius 1 is 0.253 bits per heavy atom. The van der Waals surface area contributed by atoms with Gasteiger partial charge in [0.25, 0.3) is 0 Å². The Kier molecular flexibility index (Phi) is 65.8. The highest BCUT2D eigenvalue weighted by Gasteiger charge is 2.19. The number of hydrogen-bond donors (Lipinski definition) is 0. The first-order valence-electron chi connectivity index (χ1n) is 34.3. The van der Waals surface area contributed by atoms with E-state index in [-0.39, 0.29) is 31.1 Å². The van der Waals surface area contributed by atoms with E-state index < -0.39 is 6.10 Å². The average Bonchev–Trinajstić information content (AvgIpc) is 3.49. The maximum Gasteiger partial charge on any atom is 0.306 e. The van der Waals surface area contributed by atoms with Crippen molar-refractivity contribution in [2.24, 2.45) is 0 Å². The van der Waals surface area contributed by atoms with Crippen LogP contribution in [0.15, 0.2) is 146 Å². The summed E-state index contributed by atoms with van der Waals surface area (Å²) in [7, 11) is 0. The maximum atomic E-state index is 12.9. The summed E-state index contributed by atoms with van der Waals surface area (Å²) in [6, 6.07) is 0. The minimum absolute atomic E-state index is 0.0965. The summed E-state index contributed by atoms with van der Waals surface area (Å²) in [5, 5.41) is 0. The summed E-state index contributed by atoms with van der Waals surface area (Å²) in [5.41, 5.74) is 0. The van der Waals surface area contributed by atoms with Crippen molar-refractivity contribution >= 4 is 17.9 Å². The highest BCUT2D eigenvalue weighted by molar-refractivity contribution is 5.71. The van der Waals surface area contributed by atoms with Crippen LogP contribution in [0.25, 0.3) is 0 Å². The zero-order valence-electron chi connectivity index (χ0n) is 53.9. The van der Waals surface area contributed by atoms with Gasteiger partial charge in [-0.25, -0.2) is 0 Å². The summed E-state index contributed by atoms with van der Waals surface area (Å²) in [6.07, 6.45) is 100. The van der Waals surface area contributed by atoms with E-state index in [0.29, 0.717) is 19.3 Å². The minimum atomic E-state index is -0.801. The first-order valence-corrected chi connectivity index (χ1v) is 34.3. The van der Waals surface area contributed by atoms with Crippen molar-refractivity contribution in [2.75, 3.05) is 13.2 Å². The molecule has 0 aromatic heterocycles. The Hall–Kier alpha value is -4.71. The topological polar surface area (TPSA) is 78.9 Å². The van der Waals surface area contributed by atoms with Crippen LogP contribution in [-0.4, -0.2) is 37.2 Å². The van der Waals surface area contributed by atoms with E-state index in [1.165, 1.54) is 103 Å². The highest BCUT2D eigenvalue weighted by Crippen LogP contribution is 2.15. The van der Waals surface area contributed by atoms with Crippen LogP contribution < -0.4 is 0 Å². The Bertz CT molecular complexity index is 1800. The van der Waals surface area contributed by atoms with E-state index >= 15 is 0 Å². The molecule has 0 spiro atoms. The van der Waals surface area contributed by atoms with E-state index in [1.54, 1.807) is 0 Å². The molecular weight excluding hydrogens is 1020 g/mol. The highest BCUT2D eigenvalue weighted by atomic mass is 16.6. The zero-order valence-corrected chi connectivity index (χ0v) is 53.9. The van der Waals surface area contributed by atoms with Crippen LogP contribution in [0, 0.1) is 0 Å². The molecule has 0 rings (SSSR count). The molecule has 0 heterocycles. The largest absolute Gasteiger partial charge is 0.462 e. The maximum absolute atomic E-state index is 12.9. The van der Waals surface area contributed by atoms with Crippen molar-refractivity contribution in [1.29, 1.82) is 0 Å². The van der Waals surface area contributed by atoms with Crippen molar-refractivity contribution in [3.63, 3.8) is 0 Å².